The largest absolute Gasteiger partial charge is 0.370 e. The number of hydrogen-bond acceptors (Lipinski definition) is 8. The van der Waals surface area contributed by atoms with Gasteiger partial charge in [0, 0.05) is 36.9 Å². The minimum absolute atomic E-state index is 0.145. The maximum Gasteiger partial charge on any atom is 0.275 e. The van der Waals surface area contributed by atoms with Crippen molar-refractivity contribution in [2.75, 3.05) is 28.3 Å². The lowest BCUT2D eigenvalue weighted by molar-refractivity contribution is 0.102. The molecule has 4 N–H and O–H groups in total. The Hall–Kier alpha value is -3.01. The highest BCUT2D eigenvalue weighted by atomic mass is 32.1. The van der Waals surface area contributed by atoms with Crippen LogP contribution < -0.4 is 26.4 Å². The second-order valence-corrected chi connectivity index (χ2v) is 8.37. The maximum atomic E-state index is 12.9. The molecule has 4 heterocycles. The Kier molecular flexibility index (Phi) is 5.07. The molecular weight excluding hydrogens is 398 g/mol. The van der Waals surface area contributed by atoms with Gasteiger partial charge in [0.15, 0.2) is 0 Å². The number of nitrogens with two attached hydrogens (primary N) is 1. The van der Waals surface area contributed by atoms with E-state index < -0.39 is 0 Å². The minimum Gasteiger partial charge on any atom is -0.370 e. The van der Waals surface area contributed by atoms with Gasteiger partial charge in [0.05, 0.1) is 23.6 Å². The predicted octanol–water partition coefficient (Wildman–Crippen LogP) is 2.42. The molecule has 1 saturated heterocycles. The summed E-state index contributed by atoms with van der Waals surface area (Å²) in [6.07, 6.45) is 15.5. The molecule has 2 aromatic rings. The van der Waals surface area contributed by atoms with Crippen LogP contribution in [0.15, 0.2) is 59.9 Å². The number of nitrogens with one attached hydrogen (secondary N) is 2. The fourth-order valence-electron chi connectivity index (χ4n) is 3.81. The summed E-state index contributed by atoms with van der Waals surface area (Å²) in [5.74, 6) is -0.246. The number of allylic oxidation sites excluding steroid dienone is 2. The van der Waals surface area contributed by atoms with E-state index in [4.69, 9.17) is 5.73 Å². The van der Waals surface area contributed by atoms with Crippen molar-refractivity contribution in [3.8, 4) is 0 Å². The molecule has 1 amide bonds. The number of nitrogens with zero attached hydrogens (tertiary/aromatic N) is 4. The van der Waals surface area contributed by atoms with Gasteiger partial charge in [-0.2, -0.15) is 0 Å². The van der Waals surface area contributed by atoms with Crippen molar-refractivity contribution in [3.63, 3.8) is 0 Å². The molecule has 8 nitrogen and oxygen atoms in total. The summed E-state index contributed by atoms with van der Waals surface area (Å²) in [6.45, 7) is 1.74. The van der Waals surface area contributed by atoms with E-state index in [9.17, 15) is 4.79 Å². The molecule has 30 heavy (non-hydrogen) atoms. The molecule has 0 aromatic carbocycles. The molecule has 1 atom stereocenters. The topological polar surface area (TPSA) is 99.4 Å². The van der Waals surface area contributed by atoms with Crippen LogP contribution in [0.1, 0.15) is 23.3 Å². The smallest absolute Gasteiger partial charge is 0.275 e. The van der Waals surface area contributed by atoms with Crippen molar-refractivity contribution in [3.05, 3.63) is 65.6 Å². The van der Waals surface area contributed by atoms with Gasteiger partial charge >= 0.3 is 0 Å². The minimum atomic E-state index is -0.246. The number of amides is 1. The summed E-state index contributed by atoms with van der Waals surface area (Å²) >= 11 is 1.42. The van der Waals surface area contributed by atoms with Gasteiger partial charge in [0.25, 0.3) is 5.91 Å². The first-order valence-electron chi connectivity index (χ1n) is 10.0. The quantitative estimate of drug-likeness (QED) is 0.697. The molecule has 2 aromatic heterocycles. The molecule has 0 radical (unpaired) electrons. The Balaban J connectivity index is 1.30. The Bertz CT molecular complexity index is 1040. The standard InChI is InChI=1S/C21H23N7OS/c22-15-6-9-27(10-7-15)19-5-8-23-11-17(19)24-20(29)18-13-30-21(25-18)28-12-14-3-1-2-4-16(14)26-28/h1-5,8,11-13,15-16,26H,6-7,9-10,22H2,(H,24,29). The van der Waals surface area contributed by atoms with E-state index in [0.717, 1.165) is 36.8 Å². The summed E-state index contributed by atoms with van der Waals surface area (Å²) in [5, 5.41) is 7.35. The number of pyridine rings is 1. The van der Waals surface area contributed by atoms with Crippen LogP contribution in [0, 0.1) is 0 Å². The van der Waals surface area contributed by atoms with E-state index >= 15 is 0 Å². The van der Waals surface area contributed by atoms with Gasteiger partial charge in [-0.05, 0) is 24.5 Å². The zero-order valence-electron chi connectivity index (χ0n) is 16.4. The molecule has 1 fully saturated rings. The number of piperidine rings is 1. The number of thiazole rings is 1. The van der Waals surface area contributed by atoms with E-state index in [1.807, 2.05) is 29.4 Å². The maximum absolute atomic E-state index is 12.9. The van der Waals surface area contributed by atoms with Crippen LogP contribution >= 0.6 is 11.3 Å². The van der Waals surface area contributed by atoms with Gasteiger partial charge in [-0.3, -0.25) is 14.8 Å². The van der Waals surface area contributed by atoms with Gasteiger partial charge in [-0.15, -0.1) is 11.3 Å². The van der Waals surface area contributed by atoms with Gasteiger partial charge < -0.3 is 16.0 Å². The highest BCUT2D eigenvalue weighted by Gasteiger charge is 2.25. The lowest BCUT2D eigenvalue weighted by Gasteiger charge is -2.33. The van der Waals surface area contributed by atoms with E-state index in [1.165, 1.54) is 16.9 Å². The molecule has 3 aliphatic rings. The molecule has 1 aliphatic carbocycles. The van der Waals surface area contributed by atoms with E-state index in [2.05, 4.69) is 37.8 Å². The molecule has 9 heteroatoms. The summed E-state index contributed by atoms with van der Waals surface area (Å²) < 4.78 is 0. The van der Waals surface area contributed by atoms with E-state index in [0.29, 0.717) is 11.4 Å². The second kappa shape index (κ2) is 8.02. The zero-order chi connectivity index (χ0) is 20.5. The number of fused-ring (bicyclic) bond motifs is 1. The summed E-state index contributed by atoms with van der Waals surface area (Å²) in [7, 11) is 0. The average Bonchev–Trinajstić information content (AvgIpc) is 3.42. The highest BCUT2D eigenvalue weighted by molar-refractivity contribution is 7.14. The first-order valence-corrected chi connectivity index (χ1v) is 10.9. The van der Waals surface area contributed by atoms with Crippen molar-refractivity contribution >= 4 is 33.8 Å². The summed E-state index contributed by atoms with van der Waals surface area (Å²) in [4.78, 5) is 23.8. The van der Waals surface area contributed by atoms with Crippen molar-refractivity contribution in [2.24, 2.45) is 5.73 Å². The fourth-order valence-corrected chi connectivity index (χ4v) is 4.56. The van der Waals surface area contributed by atoms with Crippen LogP contribution in [0.2, 0.25) is 0 Å². The van der Waals surface area contributed by atoms with Crippen LogP contribution in [0.5, 0.6) is 0 Å². The van der Waals surface area contributed by atoms with Gasteiger partial charge in [-0.1, -0.05) is 24.3 Å². The number of rotatable bonds is 4. The molecule has 1 unspecified atom stereocenters. The SMILES string of the molecule is NC1CCN(c2ccncc2NC(=O)c2csc(N3C=C4C=CC=CC4N3)n2)CC1. The van der Waals surface area contributed by atoms with Crippen LogP contribution in [0.4, 0.5) is 16.5 Å². The Morgan fingerprint density at radius 2 is 2.17 bits per heavy atom. The first kappa shape index (κ1) is 19.0. The number of carbonyl (C=O) groups is 1. The third-order valence-corrected chi connectivity index (χ3v) is 6.32. The molecule has 2 aliphatic heterocycles. The number of hydrazine groups is 1. The third kappa shape index (κ3) is 3.74. The fraction of sp³-hybridized carbons (Fsp3) is 0.286. The summed E-state index contributed by atoms with van der Waals surface area (Å²) in [6, 6.07) is 2.33. The van der Waals surface area contributed by atoms with Crippen LogP contribution in [-0.4, -0.2) is 41.0 Å². The molecule has 0 saturated carbocycles. The number of carbonyl (C=O) groups excluding carboxylic acids is 1. The van der Waals surface area contributed by atoms with Crippen LogP contribution in [0.3, 0.4) is 0 Å². The number of aromatic nitrogens is 2. The van der Waals surface area contributed by atoms with Crippen LogP contribution in [-0.2, 0) is 0 Å². The number of hydrogen-bond donors (Lipinski definition) is 3. The van der Waals surface area contributed by atoms with Crippen molar-refractivity contribution < 1.29 is 4.79 Å². The lowest BCUT2D eigenvalue weighted by Crippen LogP contribution is -2.40. The van der Waals surface area contributed by atoms with Crippen molar-refractivity contribution in [2.45, 2.75) is 24.9 Å². The molecule has 0 bridgehead atoms. The van der Waals surface area contributed by atoms with Gasteiger partial charge in [0.2, 0.25) is 5.13 Å². The van der Waals surface area contributed by atoms with Crippen molar-refractivity contribution in [1.82, 2.24) is 15.4 Å². The summed E-state index contributed by atoms with van der Waals surface area (Å²) in [5.41, 5.74) is 12.6. The molecule has 0 spiro atoms. The molecule has 5 rings (SSSR count). The normalized spacial score (nSPS) is 21.0. The van der Waals surface area contributed by atoms with Gasteiger partial charge in [-0.25, -0.2) is 10.4 Å². The Morgan fingerprint density at radius 1 is 1.30 bits per heavy atom. The lowest BCUT2D eigenvalue weighted by atomic mass is 10.1. The average molecular weight is 422 g/mol. The third-order valence-electron chi connectivity index (χ3n) is 5.48. The Morgan fingerprint density at radius 3 is 3.00 bits per heavy atom. The number of anilines is 3. The zero-order valence-corrected chi connectivity index (χ0v) is 17.2. The van der Waals surface area contributed by atoms with E-state index in [1.54, 1.807) is 17.8 Å². The monoisotopic (exact) mass is 421 g/mol. The van der Waals surface area contributed by atoms with Gasteiger partial charge in [0.1, 0.15) is 5.69 Å². The van der Waals surface area contributed by atoms with Crippen molar-refractivity contribution in [1.29, 1.82) is 0 Å². The molecule has 154 valence electrons. The highest BCUT2D eigenvalue weighted by Crippen LogP contribution is 2.29. The molecular formula is C21H23N7OS. The first-order chi connectivity index (χ1) is 14.7. The predicted molar refractivity (Wildman–Crippen MR) is 119 cm³/mol. The Labute approximate surface area is 178 Å². The van der Waals surface area contributed by atoms with Crippen LogP contribution in [0.25, 0.3) is 0 Å². The van der Waals surface area contributed by atoms with E-state index in [-0.39, 0.29) is 18.0 Å². The second-order valence-electron chi connectivity index (χ2n) is 7.54.